The van der Waals surface area contributed by atoms with Gasteiger partial charge in [-0.25, -0.2) is 0 Å². The van der Waals surface area contributed by atoms with Crippen LogP contribution in [0.15, 0.2) is 54.1 Å². The van der Waals surface area contributed by atoms with Crippen LogP contribution in [-0.2, 0) is 16.0 Å². The van der Waals surface area contributed by atoms with Crippen LogP contribution in [0.2, 0.25) is 0 Å². The van der Waals surface area contributed by atoms with Gasteiger partial charge in [0.1, 0.15) is 11.5 Å². The lowest BCUT2D eigenvalue weighted by Gasteiger charge is -2.27. The summed E-state index contributed by atoms with van der Waals surface area (Å²) >= 11 is 0. The zero-order valence-corrected chi connectivity index (χ0v) is 22.1. The van der Waals surface area contributed by atoms with Crippen LogP contribution in [-0.4, -0.2) is 59.4 Å². The van der Waals surface area contributed by atoms with Crippen molar-refractivity contribution in [3.05, 3.63) is 70.8 Å². The van der Waals surface area contributed by atoms with Gasteiger partial charge >= 0.3 is 0 Å². The molecule has 0 aromatic heterocycles. The van der Waals surface area contributed by atoms with E-state index in [0.29, 0.717) is 24.5 Å². The number of aliphatic hydroxyl groups excluding tert-OH is 1. The summed E-state index contributed by atoms with van der Waals surface area (Å²) in [4.78, 5) is 30.4. The first-order chi connectivity index (χ1) is 17.4. The smallest absolute Gasteiger partial charge is 0.295 e. The molecular formula is C30H40N2O4. The average molecular weight is 493 g/mol. The van der Waals surface area contributed by atoms with Crippen LogP contribution in [0.4, 0.5) is 0 Å². The van der Waals surface area contributed by atoms with Gasteiger partial charge in [-0.1, -0.05) is 70.5 Å². The molecule has 1 aliphatic heterocycles. The third-order valence-electron chi connectivity index (χ3n) is 6.89. The molecular weight excluding hydrogens is 452 g/mol. The van der Waals surface area contributed by atoms with E-state index in [0.717, 1.165) is 50.9 Å². The van der Waals surface area contributed by atoms with Crippen molar-refractivity contribution in [3.8, 4) is 5.75 Å². The molecule has 6 nitrogen and oxygen atoms in total. The number of benzene rings is 2. The first kappa shape index (κ1) is 27.5. The molecule has 0 aliphatic carbocycles. The molecule has 36 heavy (non-hydrogen) atoms. The van der Waals surface area contributed by atoms with Crippen LogP contribution in [0.5, 0.6) is 5.75 Å². The molecule has 0 radical (unpaired) electrons. The Bertz CT molecular complexity index is 1060. The second-order valence-electron chi connectivity index (χ2n) is 9.20. The number of rotatable bonds is 13. The van der Waals surface area contributed by atoms with Crippen molar-refractivity contribution in [2.75, 3.05) is 32.8 Å². The highest BCUT2D eigenvalue weighted by molar-refractivity contribution is 6.46. The van der Waals surface area contributed by atoms with Gasteiger partial charge in [-0.2, -0.15) is 0 Å². The number of carbonyl (C=O) groups is 2. The van der Waals surface area contributed by atoms with Gasteiger partial charge in [0.05, 0.1) is 18.2 Å². The third-order valence-corrected chi connectivity index (χ3v) is 6.89. The number of hydrogen-bond acceptors (Lipinski definition) is 5. The lowest BCUT2D eigenvalue weighted by Crippen LogP contribution is -2.33. The Labute approximate surface area is 215 Å². The van der Waals surface area contributed by atoms with Crippen molar-refractivity contribution in [2.24, 2.45) is 0 Å². The van der Waals surface area contributed by atoms with Crippen LogP contribution in [0, 0.1) is 0 Å². The minimum absolute atomic E-state index is 0.137. The Balaban J connectivity index is 1.99. The molecule has 194 valence electrons. The predicted molar refractivity (Wildman–Crippen MR) is 144 cm³/mol. The lowest BCUT2D eigenvalue weighted by molar-refractivity contribution is -0.140. The average Bonchev–Trinajstić information content (AvgIpc) is 3.16. The highest BCUT2D eigenvalue weighted by Gasteiger charge is 2.45. The van der Waals surface area contributed by atoms with Crippen LogP contribution in [0.25, 0.3) is 5.76 Å². The van der Waals surface area contributed by atoms with Gasteiger partial charge in [-0.15, -0.1) is 0 Å². The van der Waals surface area contributed by atoms with E-state index in [4.69, 9.17) is 4.74 Å². The van der Waals surface area contributed by atoms with Crippen LogP contribution >= 0.6 is 0 Å². The summed E-state index contributed by atoms with van der Waals surface area (Å²) in [5.74, 6) is -0.733. The fourth-order valence-electron chi connectivity index (χ4n) is 4.62. The largest absolute Gasteiger partial charge is 0.507 e. The molecule has 1 amide bonds. The van der Waals surface area contributed by atoms with Gasteiger partial charge in [-0.05, 0) is 62.2 Å². The van der Waals surface area contributed by atoms with E-state index >= 15 is 0 Å². The second-order valence-corrected chi connectivity index (χ2v) is 9.20. The Morgan fingerprint density at radius 2 is 1.72 bits per heavy atom. The van der Waals surface area contributed by atoms with Crippen LogP contribution < -0.4 is 4.74 Å². The van der Waals surface area contributed by atoms with E-state index in [9.17, 15) is 14.7 Å². The van der Waals surface area contributed by atoms with E-state index < -0.39 is 17.7 Å². The highest BCUT2D eigenvalue weighted by atomic mass is 16.5. The number of hydrogen-bond donors (Lipinski definition) is 1. The number of aryl methyl sites for hydroxylation is 1. The highest BCUT2D eigenvalue weighted by Crippen LogP contribution is 2.40. The number of ketones is 1. The summed E-state index contributed by atoms with van der Waals surface area (Å²) in [7, 11) is 0. The molecule has 0 saturated carbocycles. The van der Waals surface area contributed by atoms with Crippen LogP contribution in [0.3, 0.4) is 0 Å². The molecule has 1 N–H and O–H groups in total. The Hall–Kier alpha value is -3.12. The molecule has 1 aliphatic rings. The zero-order valence-electron chi connectivity index (χ0n) is 22.1. The topological polar surface area (TPSA) is 70.1 Å². The fraction of sp³-hybridized carbons (Fsp3) is 0.467. The first-order valence-corrected chi connectivity index (χ1v) is 13.3. The molecule has 2 aromatic rings. The maximum Gasteiger partial charge on any atom is 0.295 e. The molecule has 0 spiro atoms. The van der Waals surface area contributed by atoms with Gasteiger partial charge < -0.3 is 19.6 Å². The zero-order chi connectivity index (χ0) is 26.1. The summed E-state index contributed by atoms with van der Waals surface area (Å²) in [5, 5.41) is 11.4. The van der Waals surface area contributed by atoms with E-state index in [1.165, 1.54) is 5.56 Å². The summed E-state index contributed by atoms with van der Waals surface area (Å²) in [5.41, 5.74) is 2.61. The van der Waals surface area contributed by atoms with Crippen molar-refractivity contribution in [1.29, 1.82) is 0 Å². The van der Waals surface area contributed by atoms with E-state index in [-0.39, 0.29) is 11.3 Å². The lowest BCUT2D eigenvalue weighted by atomic mass is 9.94. The Kier molecular flexibility index (Phi) is 10.1. The quantitative estimate of drug-likeness (QED) is 0.171. The number of carbonyl (C=O) groups excluding carboxylic acids is 2. The Morgan fingerprint density at radius 3 is 2.36 bits per heavy atom. The SMILES string of the molecule is CCCCOc1cccc(/C(O)=C2\C(=O)C(=O)N(CCCN(CC)CC)C2c2ccc(CC)cc2)c1. The minimum atomic E-state index is -0.641. The number of nitrogens with zero attached hydrogens (tertiary/aromatic N) is 2. The normalized spacial score (nSPS) is 17.2. The maximum atomic E-state index is 13.3. The van der Waals surface area contributed by atoms with Crippen molar-refractivity contribution >= 4 is 17.4 Å². The van der Waals surface area contributed by atoms with Crippen molar-refractivity contribution in [3.63, 3.8) is 0 Å². The molecule has 3 rings (SSSR count). The summed E-state index contributed by atoms with van der Waals surface area (Å²) in [6, 6.07) is 14.4. The molecule has 1 unspecified atom stereocenters. The van der Waals surface area contributed by atoms with Gasteiger partial charge in [0, 0.05) is 12.1 Å². The van der Waals surface area contributed by atoms with Crippen molar-refractivity contribution < 1.29 is 19.4 Å². The predicted octanol–water partition coefficient (Wildman–Crippen LogP) is 5.58. The van der Waals surface area contributed by atoms with E-state index in [1.54, 1.807) is 23.1 Å². The second kappa shape index (κ2) is 13.3. The van der Waals surface area contributed by atoms with E-state index in [2.05, 4.69) is 32.6 Å². The van der Waals surface area contributed by atoms with Crippen LogP contribution in [0.1, 0.15) is 69.7 Å². The number of aliphatic hydroxyl groups is 1. The number of amides is 1. The minimum Gasteiger partial charge on any atom is -0.507 e. The molecule has 0 bridgehead atoms. The first-order valence-electron chi connectivity index (χ1n) is 13.3. The summed E-state index contributed by atoms with van der Waals surface area (Å²) in [6.45, 7) is 12.2. The van der Waals surface area contributed by atoms with E-state index in [1.807, 2.05) is 30.3 Å². The van der Waals surface area contributed by atoms with Gasteiger partial charge in [0.15, 0.2) is 0 Å². The maximum absolute atomic E-state index is 13.3. The molecule has 1 atom stereocenters. The van der Waals surface area contributed by atoms with Gasteiger partial charge in [0.25, 0.3) is 11.7 Å². The number of ether oxygens (including phenoxy) is 1. The number of likely N-dealkylation sites (tertiary alicyclic amines) is 1. The summed E-state index contributed by atoms with van der Waals surface area (Å²) < 4.78 is 5.80. The van der Waals surface area contributed by atoms with Gasteiger partial charge in [0.2, 0.25) is 0 Å². The molecule has 1 saturated heterocycles. The molecule has 1 fully saturated rings. The standard InChI is InChI=1S/C30H40N2O4/c1-5-9-20-36-25-13-10-12-24(21-25)28(33)26-27(23-16-14-22(6-2)15-17-23)32(30(35)29(26)34)19-11-18-31(7-3)8-4/h10,12-17,21,27,33H,5-9,11,18-20H2,1-4H3/b28-26+. The summed E-state index contributed by atoms with van der Waals surface area (Å²) in [6.07, 6.45) is 3.60. The Morgan fingerprint density at radius 1 is 1.00 bits per heavy atom. The van der Waals surface area contributed by atoms with Crippen molar-refractivity contribution in [2.45, 2.75) is 59.4 Å². The molecule has 6 heteroatoms. The fourth-order valence-corrected chi connectivity index (χ4v) is 4.62. The molecule has 2 aromatic carbocycles. The number of Topliss-reactive ketones (excluding diaryl/α,β-unsaturated/α-hetero) is 1. The third kappa shape index (κ3) is 6.35. The van der Waals surface area contributed by atoms with Gasteiger partial charge in [-0.3, -0.25) is 9.59 Å². The van der Waals surface area contributed by atoms with Crippen molar-refractivity contribution in [1.82, 2.24) is 9.80 Å². The number of unbranched alkanes of at least 4 members (excludes halogenated alkanes) is 1. The monoisotopic (exact) mass is 492 g/mol. The molecule has 1 heterocycles.